The van der Waals surface area contributed by atoms with Gasteiger partial charge in [0.15, 0.2) is 6.04 Å². The highest BCUT2D eigenvalue weighted by Crippen LogP contribution is 2.17. The van der Waals surface area contributed by atoms with Gasteiger partial charge in [0, 0.05) is 25.4 Å². The maximum absolute atomic E-state index is 11.0. The summed E-state index contributed by atoms with van der Waals surface area (Å²) >= 11 is 0. The van der Waals surface area contributed by atoms with E-state index < -0.39 is 12.0 Å². The van der Waals surface area contributed by atoms with Crippen LogP contribution in [0.4, 0.5) is 0 Å². The maximum Gasteiger partial charge on any atom is 0.329 e. The van der Waals surface area contributed by atoms with Crippen LogP contribution in [0.2, 0.25) is 0 Å². The van der Waals surface area contributed by atoms with Crippen LogP contribution >= 0.6 is 0 Å². The van der Waals surface area contributed by atoms with Gasteiger partial charge in [0.2, 0.25) is 0 Å². The summed E-state index contributed by atoms with van der Waals surface area (Å²) in [5.41, 5.74) is 0. The lowest BCUT2D eigenvalue weighted by molar-refractivity contribution is -0.142. The fourth-order valence-corrected chi connectivity index (χ4v) is 1.46. The monoisotopic (exact) mass is 212 g/mol. The molecule has 0 fully saturated rings. The Bertz CT molecular complexity index is 333. The third kappa shape index (κ3) is 2.56. The number of imidazole rings is 1. The van der Waals surface area contributed by atoms with Gasteiger partial charge in [-0.1, -0.05) is 13.8 Å². The minimum Gasteiger partial charge on any atom is -0.480 e. The molecule has 0 aliphatic rings. The first kappa shape index (κ1) is 11.7. The molecule has 1 heterocycles. The standard InChI is InChI=1S/C10H16N2O3/c1-7(2)9-11-4-5-12(9)8(6-15-3)10(13)14/h4-5,7-8H,6H2,1-3H3,(H,13,14). The third-order valence-electron chi connectivity index (χ3n) is 2.16. The van der Waals surface area contributed by atoms with Crippen LogP contribution in [0.1, 0.15) is 31.6 Å². The van der Waals surface area contributed by atoms with Crippen molar-refractivity contribution in [1.29, 1.82) is 0 Å². The van der Waals surface area contributed by atoms with Crippen LogP contribution in [0.5, 0.6) is 0 Å². The second kappa shape index (κ2) is 4.93. The van der Waals surface area contributed by atoms with Gasteiger partial charge in [-0.25, -0.2) is 9.78 Å². The average Bonchev–Trinajstić information content (AvgIpc) is 2.61. The molecule has 0 aliphatic heterocycles. The molecule has 84 valence electrons. The summed E-state index contributed by atoms with van der Waals surface area (Å²) in [6.07, 6.45) is 3.29. The predicted octanol–water partition coefficient (Wildman–Crippen LogP) is 1.28. The molecule has 0 amide bonds. The number of carboxylic acids is 1. The van der Waals surface area contributed by atoms with Crippen LogP contribution in [0.15, 0.2) is 12.4 Å². The van der Waals surface area contributed by atoms with Gasteiger partial charge < -0.3 is 14.4 Å². The highest BCUT2D eigenvalue weighted by atomic mass is 16.5. The van der Waals surface area contributed by atoms with E-state index in [1.807, 2.05) is 13.8 Å². The summed E-state index contributed by atoms with van der Waals surface area (Å²) < 4.78 is 6.54. The second-order valence-corrected chi connectivity index (χ2v) is 3.66. The molecule has 0 aromatic carbocycles. The zero-order chi connectivity index (χ0) is 11.4. The van der Waals surface area contributed by atoms with Crippen LogP contribution in [0, 0.1) is 0 Å². The molecule has 1 rings (SSSR count). The molecule has 1 N–H and O–H groups in total. The van der Waals surface area contributed by atoms with Crippen molar-refractivity contribution in [1.82, 2.24) is 9.55 Å². The van der Waals surface area contributed by atoms with E-state index in [1.54, 1.807) is 17.0 Å². The van der Waals surface area contributed by atoms with Gasteiger partial charge in [0.1, 0.15) is 5.82 Å². The fraction of sp³-hybridized carbons (Fsp3) is 0.600. The Labute approximate surface area is 88.7 Å². The van der Waals surface area contributed by atoms with Crippen molar-refractivity contribution in [3.8, 4) is 0 Å². The summed E-state index contributed by atoms with van der Waals surface area (Å²) in [6, 6.07) is -0.699. The first-order valence-corrected chi connectivity index (χ1v) is 4.82. The van der Waals surface area contributed by atoms with Crippen LogP contribution in [0.25, 0.3) is 0 Å². The summed E-state index contributed by atoms with van der Waals surface area (Å²) in [5.74, 6) is 0.0508. The lowest BCUT2D eigenvalue weighted by atomic mass is 10.2. The SMILES string of the molecule is COCC(C(=O)O)n1ccnc1C(C)C. The fourth-order valence-electron chi connectivity index (χ4n) is 1.46. The van der Waals surface area contributed by atoms with Gasteiger partial charge in [-0.05, 0) is 0 Å². The number of nitrogens with zero attached hydrogens (tertiary/aromatic N) is 2. The predicted molar refractivity (Wildman–Crippen MR) is 54.9 cm³/mol. The van der Waals surface area contributed by atoms with Crippen molar-refractivity contribution in [2.75, 3.05) is 13.7 Å². The number of carboxylic acid groups (broad SMARTS) is 1. The largest absolute Gasteiger partial charge is 0.480 e. The van der Waals surface area contributed by atoms with E-state index >= 15 is 0 Å². The van der Waals surface area contributed by atoms with Crippen LogP contribution in [-0.2, 0) is 9.53 Å². The van der Waals surface area contributed by atoms with E-state index in [9.17, 15) is 4.79 Å². The van der Waals surface area contributed by atoms with Crippen LogP contribution < -0.4 is 0 Å². The Hall–Kier alpha value is -1.36. The molecular weight excluding hydrogens is 196 g/mol. The van der Waals surface area contributed by atoms with Gasteiger partial charge in [0.05, 0.1) is 6.61 Å². The summed E-state index contributed by atoms with van der Waals surface area (Å²) in [6.45, 7) is 4.10. The van der Waals surface area contributed by atoms with Crippen molar-refractivity contribution < 1.29 is 14.6 Å². The third-order valence-corrected chi connectivity index (χ3v) is 2.16. The molecule has 0 aliphatic carbocycles. The van der Waals surface area contributed by atoms with Crippen molar-refractivity contribution in [2.24, 2.45) is 0 Å². The van der Waals surface area contributed by atoms with E-state index in [1.165, 1.54) is 7.11 Å². The van der Waals surface area contributed by atoms with E-state index in [0.717, 1.165) is 5.82 Å². The molecule has 1 aromatic rings. The highest BCUT2D eigenvalue weighted by Gasteiger charge is 2.22. The van der Waals surface area contributed by atoms with E-state index in [0.29, 0.717) is 0 Å². The number of ether oxygens (including phenoxy) is 1. The van der Waals surface area contributed by atoms with Crippen LogP contribution in [0.3, 0.4) is 0 Å². The highest BCUT2D eigenvalue weighted by molar-refractivity contribution is 5.72. The quantitative estimate of drug-likeness (QED) is 0.798. The molecule has 0 radical (unpaired) electrons. The van der Waals surface area contributed by atoms with Crippen molar-refractivity contribution >= 4 is 5.97 Å². The number of carbonyl (C=O) groups is 1. The molecular formula is C10H16N2O3. The molecule has 5 heteroatoms. The molecule has 1 unspecified atom stereocenters. The number of hydrogen-bond acceptors (Lipinski definition) is 3. The van der Waals surface area contributed by atoms with E-state index in [4.69, 9.17) is 9.84 Å². The Morgan fingerprint density at radius 2 is 2.33 bits per heavy atom. The van der Waals surface area contributed by atoms with Crippen LogP contribution in [-0.4, -0.2) is 34.3 Å². The molecule has 0 saturated heterocycles. The zero-order valence-electron chi connectivity index (χ0n) is 9.17. The van der Waals surface area contributed by atoms with E-state index in [-0.39, 0.29) is 12.5 Å². The minimum atomic E-state index is -0.906. The molecule has 5 nitrogen and oxygen atoms in total. The number of hydrogen-bond donors (Lipinski definition) is 1. The summed E-state index contributed by atoms with van der Waals surface area (Å²) in [4.78, 5) is 15.2. The van der Waals surface area contributed by atoms with Crippen molar-refractivity contribution in [2.45, 2.75) is 25.8 Å². The van der Waals surface area contributed by atoms with Gasteiger partial charge in [-0.2, -0.15) is 0 Å². The Morgan fingerprint density at radius 3 is 2.80 bits per heavy atom. The van der Waals surface area contributed by atoms with Crippen molar-refractivity contribution in [3.05, 3.63) is 18.2 Å². The maximum atomic E-state index is 11.0. The zero-order valence-corrected chi connectivity index (χ0v) is 9.17. The topological polar surface area (TPSA) is 64.3 Å². The first-order valence-electron chi connectivity index (χ1n) is 4.82. The Balaban J connectivity index is 3.00. The smallest absolute Gasteiger partial charge is 0.329 e. The average molecular weight is 212 g/mol. The summed E-state index contributed by atoms with van der Waals surface area (Å²) in [7, 11) is 1.49. The number of aromatic nitrogens is 2. The van der Waals surface area contributed by atoms with E-state index in [2.05, 4.69) is 4.98 Å². The lowest BCUT2D eigenvalue weighted by Crippen LogP contribution is -2.25. The summed E-state index contributed by atoms with van der Waals surface area (Å²) in [5, 5.41) is 9.05. The number of rotatable bonds is 5. The first-order chi connectivity index (χ1) is 7.07. The minimum absolute atomic E-state index is 0.144. The van der Waals surface area contributed by atoms with Crippen molar-refractivity contribution in [3.63, 3.8) is 0 Å². The number of aliphatic carboxylic acids is 1. The lowest BCUT2D eigenvalue weighted by Gasteiger charge is -2.17. The Morgan fingerprint density at radius 1 is 1.67 bits per heavy atom. The van der Waals surface area contributed by atoms with Gasteiger partial charge >= 0.3 is 5.97 Å². The molecule has 1 aromatic heterocycles. The second-order valence-electron chi connectivity index (χ2n) is 3.66. The van der Waals surface area contributed by atoms with Gasteiger partial charge in [0.25, 0.3) is 0 Å². The molecule has 0 spiro atoms. The molecule has 1 atom stereocenters. The Kier molecular flexibility index (Phi) is 3.85. The van der Waals surface area contributed by atoms with Gasteiger partial charge in [-0.3, -0.25) is 0 Å². The normalized spacial score (nSPS) is 13.1. The van der Waals surface area contributed by atoms with Gasteiger partial charge in [-0.15, -0.1) is 0 Å². The molecule has 0 saturated carbocycles. The molecule has 0 bridgehead atoms. The number of methoxy groups -OCH3 is 1. The molecule has 15 heavy (non-hydrogen) atoms.